The number of benzene rings is 1. The molecule has 2 aliphatic heterocycles. The van der Waals surface area contributed by atoms with Crippen LogP contribution in [0.2, 0.25) is 5.02 Å². The number of fused-ring (bicyclic) bond motifs is 1. The maximum Gasteiger partial charge on any atom is 0.393 e. The predicted octanol–water partition coefficient (Wildman–Crippen LogP) is 1.28. The lowest BCUT2D eigenvalue weighted by Gasteiger charge is -2.31. The number of halogens is 4. The number of carbonyl (C=O) groups excluding carboxylic acids is 2. The van der Waals surface area contributed by atoms with E-state index < -0.39 is 35.3 Å². The van der Waals surface area contributed by atoms with E-state index in [0.29, 0.717) is 17.9 Å². The summed E-state index contributed by atoms with van der Waals surface area (Å²) in [6.45, 7) is -0.00893. The lowest BCUT2D eigenvalue weighted by molar-refractivity contribution is -0.182. The molecule has 0 aromatic heterocycles. The van der Waals surface area contributed by atoms with Crippen LogP contribution in [-0.4, -0.2) is 48.5 Å². The maximum atomic E-state index is 13.0. The number of piperidine rings is 1. The maximum absolute atomic E-state index is 13.0. The fourth-order valence-corrected chi connectivity index (χ4v) is 5.27. The molecule has 4 unspecified atom stereocenters. The molecule has 31 heavy (non-hydrogen) atoms. The molecule has 0 spiro atoms. The fourth-order valence-electron chi connectivity index (χ4n) is 4.25. The summed E-state index contributed by atoms with van der Waals surface area (Å²) >= 11 is 7.14. The Morgan fingerprint density at radius 2 is 1.87 bits per heavy atom. The van der Waals surface area contributed by atoms with Crippen LogP contribution in [0, 0.1) is 11.8 Å². The van der Waals surface area contributed by atoms with E-state index >= 15 is 0 Å². The Balaban J connectivity index is 1.32. The molecule has 2 amide bonds. The van der Waals surface area contributed by atoms with Gasteiger partial charge in [-0.15, -0.1) is 0 Å². The van der Waals surface area contributed by atoms with Gasteiger partial charge in [0, 0.05) is 24.2 Å². The van der Waals surface area contributed by atoms with Crippen molar-refractivity contribution < 1.29 is 22.8 Å². The monoisotopic (exact) mass is 477 g/mol. The molecule has 1 aromatic rings. The summed E-state index contributed by atoms with van der Waals surface area (Å²) in [7, 11) is 0. The van der Waals surface area contributed by atoms with Crippen molar-refractivity contribution in [3.05, 3.63) is 34.3 Å². The molecule has 0 bridgehead atoms. The Labute approximate surface area is 186 Å². The first-order valence-corrected chi connectivity index (χ1v) is 11.3. The fraction of sp³-hybridized carbons (Fsp3) is 0.579. The molecule has 0 radical (unpaired) electrons. The molecule has 2 saturated heterocycles. The lowest BCUT2D eigenvalue weighted by atomic mass is 9.89. The van der Waals surface area contributed by atoms with Crippen molar-refractivity contribution in [2.45, 2.75) is 42.9 Å². The highest BCUT2D eigenvalue weighted by Crippen LogP contribution is 2.33. The van der Waals surface area contributed by atoms with Crippen molar-refractivity contribution in [3.63, 3.8) is 0 Å². The van der Waals surface area contributed by atoms with Crippen LogP contribution in [0.25, 0.3) is 0 Å². The van der Waals surface area contributed by atoms with Gasteiger partial charge in [-0.05, 0) is 54.5 Å². The highest BCUT2D eigenvalue weighted by atomic mass is 35.5. The molecule has 170 valence electrons. The van der Waals surface area contributed by atoms with E-state index in [-0.39, 0.29) is 31.5 Å². The molecule has 4 rings (SSSR count). The van der Waals surface area contributed by atoms with E-state index in [0.717, 1.165) is 23.1 Å². The van der Waals surface area contributed by atoms with E-state index in [1.807, 2.05) is 18.2 Å². The second-order valence-electron chi connectivity index (χ2n) is 8.13. The van der Waals surface area contributed by atoms with Crippen LogP contribution >= 0.6 is 23.5 Å². The summed E-state index contributed by atoms with van der Waals surface area (Å²) in [5, 5.41) is 8.39. The third kappa shape index (κ3) is 5.28. The number of hydrogen-bond acceptors (Lipinski definition) is 6. The average molecular weight is 478 g/mol. The zero-order valence-electron chi connectivity index (χ0n) is 16.4. The van der Waals surface area contributed by atoms with Crippen molar-refractivity contribution in [1.82, 2.24) is 26.2 Å². The van der Waals surface area contributed by atoms with Gasteiger partial charge in [0.25, 0.3) is 0 Å². The minimum atomic E-state index is -4.34. The minimum Gasteiger partial charge on any atom is -0.351 e. The van der Waals surface area contributed by atoms with Gasteiger partial charge in [-0.1, -0.05) is 17.7 Å². The summed E-state index contributed by atoms with van der Waals surface area (Å²) in [6, 6.07) is 4.82. The number of hydrazine groups is 1. The quantitative estimate of drug-likeness (QED) is 0.419. The van der Waals surface area contributed by atoms with Gasteiger partial charge in [-0.3, -0.25) is 9.59 Å². The Bertz CT molecular complexity index is 858. The van der Waals surface area contributed by atoms with Crippen LogP contribution in [0.1, 0.15) is 17.5 Å². The van der Waals surface area contributed by atoms with Gasteiger partial charge in [-0.2, -0.15) is 18.0 Å². The van der Waals surface area contributed by atoms with Crippen molar-refractivity contribution in [2.24, 2.45) is 11.8 Å². The number of nitrogens with one attached hydrogen (secondary N) is 5. The number of amides is 2. The van der Waals surface area contributed by atoms with Gasteiger partial charge < -0.3 is 16.0 Å². The molecule has 5 N–H and O–H groups in total. The van der Waals surface area contributed by atoms with E-state index in [1.165, 1.54) is 0 Å². The highest BCUT2D eigenvalue weighted by molar-refractivity contribution is 7.98. The molecular formula is C19H23ClF3N5O2S. The molecule has 7 nitrogen and oxygen atoms in total. The van der Waals surface area contributed by atoms with E-state index in [1.54, 1.807) is 0 Å². The third-order valence-electron chi connectivity index (χ3n) is 5.90. The summed E-state index contributed by atoms with van der Waals surface area (Å²) in [6.07, 6.45) is -3.25. The lowest BCUT2D eigenvalue weighted by Crippen LogP contribution is -2.56. The van der Waals surface area contributed by atoms with Gasteiger partial charge >= 0.3 is 6.18 Å². The summed E-state index contributed by atoms with van der Waals surface area (Å²) < 4.78 is 39.0. The average Bonchev–Trinajstić information content (AvgIpc) is 3.33. The molecule has 0 saturated carbocycles. The number of alkyl halides is 3. The Hall–Kier alpha value is -1.53. The molecule has 1 aliphatic carbocycles. The predicted molar refractivity (Wildman–Crippen MR) is 111 cm³/mol. The van der Waals surface area contributed by atoms with Crippen LogP contribution < -0.4 is 26.2 Å². The van der Waals surface area contributed by atoms with Crippen LogP contribution in [0.15, 0.2) is 18.2 Å². The first-order valence-electron chi connectivity index (χ1n) is 10.0. The summed E-state index contributed by atoms with van der Waals surface area (Å²) in [5.41, 5.74) is 5.05. The van der Waals surface area contributed by atoms with Crippen molar-refractivity contribution in [1.29, 1.82) is 0 Å². The largest absolute Gasteiger partial charge is 0.393 e. The van der Waals surface area contributed by atoms with Gasteiger partial charge in [-0.25, -0.2) is 5.43 Å². The van der Waals surface area contributed by atoms with Gasteiger partial charge in [0.1, 0.15) is 11.4 Å². The third-order valence-corrected chi connectivity index (χ3v) is 7.02. The first kappa shape index (κ1) is 22.7. The minimum absolute atomic E-state index is 0.0835. The topological polar surface area (TPSA) is 94.3 Å². The summed E-state index contributed by atoms with van der Waals surface area (Å²) in [4.78, 5) is 28.2. The normalized spacial score (nSPS) is 30.6. The van der Waals surface area contributed by atoms with Gasteiger partial charge in [0.05, 0.1) is 11.8 Å². The Morgan fingerprint density at radius 3 is 2.65 bits per heavy atom. The Morgan fingerprint density at radius 1 is 1.10 bits per heavy atom. The van der Waals surface area contributed by atoms with E-state index in [2.05, 4.69) is 26.2 Å². The van der Waals surface area contributed by atoms with Crippen molar-refractivity contribution in [3.8, 4) is 0 Å². The second-order valence-corrected chi connectivity index (χ2v) is 9.51. The zero-order valence-corrected chi connectivity index (χ0v) is 18.0. The molecular weight excluding hydrogens is 455 g/mol. The Kier molecular flexibility index (Phi) is 6.68. The molecule has 2 fully saturated rings. The van der Waals surface area contributed by atoms with Gasteiger partial charge in [0.15, 0.2) is 0 Å². The molecule has 3 aliphatic rings. The van der Waals surface area contributed by atoms with E-state index in [4.69, 9.17) is 11.6 Å². The number of rotatable bonds is 4. The molecule has 12 heteroatoms. The molecule has 1 aromatic carbocycles. The van der Waals surface area contributed by atoms with Gasteiger partial charge in [0.2, 0.25) is 11.8 Å². The van der Waals surface area contributed by atoms with Crippen LogP contribution in [0.3, 0.4) is 0 Å². The first-order chi connectivity index (χ1) is 14.7. The number of hydrogen-bond donors (Lipinski definition) is 5. The molecule has 2 heterocycles. The SMILES string of the molecule is O=C(NC1SNNC1C(=O)N[C@H]1Cc2ccc(Cl)cc2C1)C1CNCC(C(F)(F)F)C1. The van der Waals surface area contributed by atoms with Crippen molar-refractivity contribution >= 4 is 35.4 Å². The standard InChI is InChI=1S/C19H23ClF3N5O2S/c20-13-2-1-9-5-14(6-10(9)4-13)25-17(30)15-18(31-28-27-15)26-16(29)11-3-12(8-24-7-11)19(21,22)23/h1-2,4,11-12,14-15,18,24,27-28H,3,5-8H2,(H,25,30)(H,26,29)/t11?,12?,14-,15?,18?/m0/s1. The highest BCUT2D eigenvalue weighted by Gasteiger charge is 2.45. The van der Waals surface area contributed by atoms with Crippen molar-refractivity contribution in [2.75, 3.05) is 13.1 Å². The zero-order chi connectivity index (χ0) is 22.2. The smallest absolute Gasteiger partial charge is 0.351 e. The summed E-state index contributed by atoms with van der Waals surface area (Å²) in [5.74, 6) is -3.15. The van der Waals surface area contributed by atoms with Crippen LogP contribution in [-0.2, 0) is 22.4 Å². The number of carbonyl (C=O) groups is 2. The second kappa shape index (κ2) is 9.14. The van der Waals surface area contributed by atoms with E-state index in [9.17, 15) is 22.8 Å². The molecule has 5 atom stereocenters. The van der Waals surface area contributed by atoms with Crippen LogP contribution in [0.4, 0.5) is 13.2 Å². The van der Waals surface area contributed by atoms with Crippen LogP contribution in [0.5, 0.6) is 0 Å².